The summed E-state index contributed by atoms with van der Waals surface area (Å²) in [7, 11) is 0. The Kier molecular flexibility index (Phi) is 5.06. The highest BCUT2D eigenvalue weighted by Crippen LogP contribution is 2.34. The second-order valence-corrected chi connectivity index (χ2v) is 8.04. The SMILES string of the molecule is Nc1cc(Cl)nc(SCCc2cc3c(-c4ccccc4)csc3cn2)n1. The van der Waals surface area contributed by atoms with Gasteiger partial charge in [0.05, 0.1) is 4.70 Å². The molecule has 0 aliphatic heterocycles. The van der Waals surface area contributed by atoms with E-state index in [4.69, 9.17) is 17.3 Å². The van der Waals surface area contributed by atoms with Crippen LogP contribution in [0.25, 0.3) is 21.2 Å². The first kappa shape index (κ1) is 17.3. The van der Waals surface area contributed by atoms with Crippen LogP contribution in [-0.2, 0) is 6.42 Å². The van der Waals surface area contributed by atoms with Gasteiger partial charge in [0.25, 0.3) is 0 Å². The van der Waals surface area contributed by atoms with E-state index in [1.54, 1.807) is 17.4 Å². The van der Waals surface area contributed by atoms with Crippen molar-refractivity contribution in [1.29, 1.82) is 0 Å². The molecule has 0 saturated carbocycles. The van der Waals surface area contributed by atoms with Gasteiger partial charge in [-0.1, -0.05) is 53.7 Å². The van der Waals surface area contributed by atoms with Crippen molar-refractivity contribution in [3.8, 4) is 11.1 Å². The molecule has 0 aliphatic carbocycles. The fourth-order valence-corrected chi connectivity index (χ4v) is 4.67. The summed E-state index contributed by atoms with van der Waals surface area (Å²) in [4.78, 5) is 13.0. The first-order valence-electron chi connectivity index (χ1n) is 8.03. The number of nitrogens with two attached hydrogens (primary N) is 1. The minimum atomic E-state index is 0.366. The summed E-state index contributed by atoms with van der Waals surface area (Å²) in [5, 5.41) is 4.41. The number of benzene rings is 1. The van der Waals surface area contributed by atoms with Crippen LogP contribution in [0.2, 0.25) is 5.15 Å². The molecule has 4 nitrogen and oxygen atoms in total. The zero-order valence-electron chi connectivity index (χ0n) is 13.7. The Hall–Kier alpha value is -2.15. The fourth-order valence-electron chi connectivity index (χ4n) is 2.68. The van der Waals surface area contributed by atoms with E-state index < -0.39 is 0 Å². The van der Waals surface area contributed by atoms with E-state index in [1.165, 1.54) is 33.0 Å². The average Bonchev–Trinajstić information content (AvgIpc) is 3.05. The number of thiophene rings is 1. The Morgan fingerprint density at radius 1 is 1.12 bits per heavy atom. The second-order valence-electron chi connectivity index (χ2n) is 5.68. The molecule has 0 spiro atoms. The van der Waals surface area contributed by atoms with Gasteiger partial charge in [0.15, 0.2) is 5.16 Å². The van der Waals surface area contributed by atoms with Crippen molar-refractivity contribution in [1.82, 2.24) is 15.0 Å². The van der Waals surface area contributed by atoms with Gasteiger partial charge < -0.3 is 5.73 Å². The number of aryl methyl sites for hydroxylation is 1. The normalized spacial score (nSPS) is 11.1. The number of nitrogen functional groups attached to an aromatic ring is 1. The van der Waals surface area contributed by atoms with Crippen molar-refractivity contribution in [2.75, 3.05) is 11.5 Å². The van der Waals surface area contributed by atoms with Gasteiger partial charge in [-0.3, -0.25) is 4.98 Å². The lowest BCUT2D eigenvalue weighted by Crippen LogP contribution is -1.97. The maximum absolute atomic E-state index is 5.92. The van der Waals surface area contributed by atoms with Crippen molar-refractivity contribution >= 4 is 50.6 Å². The number of aromatic nitrogens is 3. The summed E-state index contributed by atoms with van der Waals surface area (Å²) in [6.45, 7) is 0. The smallest absolute Gasteiger partial charge is 0.190 e. The third-order valence-corrected chi connectivity index (χ3v) is 5.86. The van der Waals surface area contributed by atoms with Gasteiger partial charge in [0.2, 0.25) is 0 Å². The van der Waals surface area contributed by atoms with Crippen LogP contribution in [0.5, 0.6) is 0 Å². The summed E-state index contributed by atoms with van der Waals surface area (Å²) in [6, 6.07) is 14.2. The molecule has 0 amide bonds. The molecular formula is C19H15ClN4S2. The number of thioether (sulfide) groups is 1. The Morgan fingerprint density at radius 3 is 2.77 bits per heavy atom. The molecule has 4 aromatic rings. The van der Waals surface area contributed by atoms with E-state index in [0.29, 0.717) is 16.1 Å². The van der Waals surface area contributed by atoms with Crippen molar-refractivity contribution in [3.63, 3.8) is 0 Å². The monoisotopic (exact) mass is 398 g/mol. The minimum Gasteiger partial charge on any atom is -0.384 e. The first-order chi connectivity index (χ1) is 12.7. The van der Waals surface area contributed by atoms with Gasteiger partial charge in [-0.2, -0.15) is 0 Å². The van der Waals surface area contributed by atoms with Gasteiger partial charge >= 0.3 is 0 Å². The van der Waals surface area contributed by atoms with Crippen LogP contribution in [0.15, 0.2) is 59.2 Å². The number of anilines is 1. The van der Waals surface area contributed by atoms with Crippen molar-refractivity contribution in [3.05, 3.63) is 64.9 Å². The summed E-state index contributed by atoms with van der Waals surface area (Å²) in [6.07, 6.45) is 2.78. The quantitative estimate of drug-likeness (QED) is 0.280. The third-order valence-electron chi connectivity index (χ3n) is 3.89. The largest absolute Gasteiger partial charge is 0.384 e. The highest BCUT2D eigenvalue weighted by molar-refractivity contribution is 7.99. The summed E-state index contributed by atoms with van der Waals surface area (Å²) in [5.41, 5.74) is 9.24. The summed E-state index contributed by atoms with van der Waals surface area (Å²) < 4.78 is 1.20. The van der Waals surface area contributed by atoms with Gasteiger partial charge in [-0.15, -0.1) is 11.3 Å². The number of halogens is 1. The minimum absolute atomic E-state index is 0.366. The van der Waals surface area contributed by atoms with Crippen LogP contribution in [-0.4, -0.2) is 20.7 Å². The van der Waals surface area contributed by atoms with Crippen LogP contribution in [0, 0.1) is 0 Å². The van der Waals surface area contributed by atoms with E-state index in [9.17, 15) is 0 Å². The van der Waals surface area contributed by atoms with Gasteiger partial charge in [-0.05, 0) is 23.4 Å². The number of rotatable bonds is 5. The highest BCUT2D eigenvalue weighted by Gasteiger charge is 2.09. The highest BCUT2D eigenvalue weighted by atomic mass is 35.5. The number of hydrogen-bond donors (Lipinski definition) is 1. The lowest BCUT2D eigenvalue weighted by atomic mass is 10.0. The lowest BCUT2D eigenvalue weighted by Gasteiger charge is -2.04. The summed E-state index contributed by atoms with van der Waals surface area (Å²) >= 11 is 9.17. The molecule has 26 heavy (non-hydrogen) atoms. The number of fused-ring (bicyclic) bond motifs is 1. The van der Waals surface area contributed by atoms with Crippen LogP contribution < -0.4 is 5.73 Å². The average molecular weight is 399 g/mol. The Balaban J connectivity index is 1.52. The molecule has 0 radical (unpaired) electrons. The number of pyridine rings is 1. The maximum atomic E-state index is 5.92. The fraction of sp³-hybridized carbons (Fsp3) is 0.105. The molecular weight excluding hydrogens is 384 g/mol. The van der Waals surface area contributed by atoms with E-state index in [2.05, 4.69) is 50.7 Å². The molecule has 2 N–H and O–H groups in total. The topological polar surface area (TPSA) is 64.7 Å². The van der Waals surface area contributed by atoms with Gasteiger partial charge in [-0.25, -0.2) is 9.97 Å². The number of hydrogen-bond acceptors (Lipinski definition) is 6. The van der Waals surface area contributed by atoms with Crippen molar-refractivity contribution < 1.29 is 0 Å². The van der Waals surface area contributed by atoms with Crippen LogP contribution in [0.1, 0.15) is 5.69 Å². The molecule has 130 valence electrons. The van der Waals surface area contributed by atoms with Crippen LogP contribution >= 0.6 is 34.7 Å². The van der Waals surface area contributed by atoms with E-state index in [-0.39, 0.29) is 0 Å². The second kappa shape index (κ2) is 7.61. The standard InChI is InChI=1S/C19H15ClN4S2/c20-17-9-18(21)24-19(23-17)25-7-6-13-8-14-15(11-26-16(14)10-22-13)12-4-2-1-3-5-12/h1-5,8-11H,6-7H2,(H2,21,23,24). The van der Waals surface area contributed by atoms with E-state index in [0.717, 1.165) is 17.9 Å². The first-order valence-corrected chi connectivity index (χ1v) is 10.3. The molecule has 0 fully saturated rings. The molecule has 7 heteroatoms. The van der Waals surface area contributed by atoms with Crippen LogP contribution in [0.4, 0.5) is 5.82 Å². The Labute approximate surface area is 164 Å². The Morgan fingerprint density at radius 2 is 1.96 bits per heavy atom. The molecule has 0 aliphatic rings. The maximum Gasteiger partial charge on any atom is 0.190 e. The lowest BCUT2D eigenvalue weighted by molar-refractivity contribution is 0.969. The van der Waals surface area contributed by atoms with Crippen molar-refractivity contribution in [2.45, 2.75) is 11.6 Å². The van der Waals surface area contributed by atoms with Gasteiger partial charge in [0.1, 0.15) is 11.0 Å². The molecule has 1 aromatic carbocycles. The van der Waals surface area contributed by atoms with E-state index >= 15 is 0 Å². The molecule has 0 atom stereocenters. The number of nitrogens with zero attached hydrogens (tertiary/aromatic N) is 3. The Bertz CT molecular complexity index is 1030. The predicted octanol–water partition coefficient (Wildman–Crippen LogP) is 5.32. The zero-order valence-corrected chi connectivity index (χ0v) is 16.1. The predicted molar refractivity (Wildman–Crippen MR) is 111 cm³/mol. The summed E-state index contributed by atoms with van der Waals surface area (Å²) in [5.74, 6) is 1.20. The molecule has 0 saturated heterocycles. The molecule has 3 heterocycles. The molecule has 0 unspecified atom stereocenters. The van der Waals surface area contributed by atoms with Crippen molar-refractivity contribution in [2.24, 2.45) is 0 Å². The zero-order chi connectivity index (χ0) is 17.9. The third kappa shape index (κ3) is 3.82. The van der Waals surface area contributed by atoms with Gasteiger partial charge in [0, 0.05) is 34.7 Å². The van der Waals surface area contributed by atoms with E-state index in [1.807, 2.05) is 12.3 Å². The molecule has 0 bridgehead atoms. The molecule has 4 rings (SSSR count). The van der Waals surface area contributed by atoms with Crippen LogP contribution in [0.3, 0.4) is 0 Å². The molecule has 3 aromatic heterocycles.